The van der Waals surface area contributed by atoms with E-state index in [2.05, 4.69) is 15.6 Å². The average Bonchev–Trinajstić information content (AvgIpc) is 2.70. The Hall–Kier alpha value is -3.48. The van der Waals surface area contributed by atoms with E-state index in [1.165, 1.54) is 10.9 Å². The van der Waals surface area contributed by atoms with Gasteiger partial charge in [-0.15, -0.1) is 0 Å². The van der Waals surface area contributed by atoms with E-state index in [1.54, 1.807) is 31.2 Å². The predicted molar refractivity (Wildman–Crippen MR) is 104 cm³/mol. The Kier molecular flexibility index (Phi) is 5.61. The number of hydrogen-bond acceptors (Lipinski definition) is 5. The number of carbonyl (C=O) groups is 1. The Morgan fingerprint density at radius 3 is 2.52 bits per heavy atom. The molecular formula is C20H20N4O3. The van der Waals surface area contributed by atoms with E-state index in [0.717, 1.165) is 11.3 Å². The number of hydrogen-bond donors (Lipinski definition) is 1. The highest BCUT2D eigenvalue weighted by Gasteiger charge is 2.15. The number of ether oxygens (including phenoxy) is 1. The molecule has 0 unspecified atom stereocenters. The van der Waals surface area contributed by atoms with E-state index >= 15 is 0 Å². The van der Waals surface area contributed by atoms with Gasteiger partial charge in [-0.2, -0.15) is 10.2 Å². The van der Waals surface area contributed by atoms with Crippen LogP contribution in [0.25, 0.3) is 10.8 Å². The van der Waals surface area contributed by atoms with Gasteiger partial charge in [-0.05, 0) is 49.7 Å². The summed E-state index contributed by atoms with van der Waals surface area (Å²) >= 11 is 0. The second kappa shape index (κ2) is 8.27. The van der Waals surface area contributed by atoms with Gasteiger partial charge in [0.05, 0.1) is 18.2 Å². The van der Waals surface area contributed by atoms with Crippen molar-refractivity contribution in [1.29, 1.82) is 0 Å². The Morgan fingerprint density at radius 2 is 1.85 bits per heavy atom. The molecular weight excluding hydrogens is 344 g/mol. The lowest BCUT2D eigenvalue weighted by molar-refractivity contribution is 0.0949. The Morgan fingerprint density at radius 1 is 1.15 bits per heavy atom. The average molecular weight is 364 g/mol. The van der Waals surface area contributed by atoms with Crippen molar-refractivity contribution in [1.82, 2.24) is 15.2 Å². The van der Waals surface area contributed by atoms with Crippen LogP contribution in [0, 0.1) is 0 Å². The second-order valence-corrected chi connectivity index (χ2v) is 5.72. The Balaban J connectivity index is 1.82. The molecule has 7 nitrogen and oxygen atoms in total. The molecule has 2 aromatic carbocycles. The van der Waals surface area contributed by atoms with Gasteiger partial charge in [0, 0.05) is 11.9 Å². The molecule has 1 heterocycles. The van der Waals surface area contributed by atoms with E-state index < -0.39 is 5.91 Å². The van der Waals surface area contributed by atoms with E-state index in [0.29, 0.717) is 23.9 Å². The maximum atomic E-state index is 12.5. The summed E-state index contributed by atoms with van der Waals surface area (Å²) in [6.07, 6.45) is 1.53. The van der Waals surface area contributed by atoms with Crippen molar-refractivity contribution < 1.29 is 9.53 Å². The fourth-order valence-corrected chi connectivity index (χ4v) is 2.65. The number of nitrogens with one attached hydrogen (secondary N) is 1. The van der Waals surface area contributed by atoms with Crippen LogP contribution in [-0.2, 0) is 6.54 Å². The van der Waals surface area contributed by atoms with Gasteiger partial charge in [-0.25, -0.2) is 10.1 Å². The van der Waals surface area contributed by atoms with Gasteiger partial charge in [-0.1, -0.05) is 18.2 Å². The molecule has 0 aliphatic rings. The molecule has 1 amide bonds. The molecule has 3 aromatic rings. The number of hydrazone groups is 1. The lowest BCUT2D eigenvalue weighted by Gasteiger charge is -2.08. The lowest BCUT2D eigenvalue weighted by Crippen LogP contribution is -2.28. The standard InChI is InChI=1S/C20H20N4O3/c1-3-24-20(26)17-8-6-5-7-16(17)18(23-24)19(25)22-21-13-14-9-11-15(12-10-14)27-4-2/h5-13H,3-4H2,1-2H3,(H,22,25)/b21-13+. The molecule has 0 radical (unpaired) electrons. The molecule has 0 saturated heterocycles. The minimum Gasteiger partial charge on any atom is -0.494 e. The van der Waals surface area contributed by atoms with Gasteiger partial charge in [-0.3, -0.25) is 9.59 Å². The van der Waals surface area contributed by atoms with Crippen molar-refractivity contribution >= 4 is 22.9 Å². The highest BCUT2D eigenvalue weighted by atomic mass is 16.5. The zero-order chi connectivity index (χ0) is 19.2. The maximum absolute atomic E-state index is 12.5. The molecule has 1 N–H and O–H groups in total. The van der Waals surface area contributed by atoms with Crippen LogP contribution in [0.2, 0.25) is 0 Å². The number of fused-ring (bicyclic) bond motifs is 1. The summed E-state index contributed by atoms with van der Waals surface area (Å²) in [4.78, 5) is 24.9. The third-order valence-electron chi connectivity index (χ3n) is 3.95. The molecule has 1 aromatic heterocycles. The predicted octanol–water partition coefficient (Wildman–Crippen LogP) is 2.58. The van der Waals surface area contributed by atoms with Crippen molar-refractivity contribution in [3.05, 3.63) is 70.1 Å². The molecule has 0 bridgehead atoms. The number of aryl methyl sites for hydroxylation is 1. The number of benzene rings is 2. The maximum Gasteiger partial charge on any atom is 0.292 e. The lowest BCUT2D eigenvalue weighted by atomic mass is 10.1. The first-order valence-corrected chi connectivity index (χ1v) is 8.70. The molecule has 138 valence electrons. The van der Waals surface area contributed by atoms with Crippen LogP contribution in [0.5, 0.6) is 5.75 Å². The van der Waals surface area contributed by atoms with Crippen molar-refractivity contribution in [2.75, 3.05) is 6.61 Å². The van der Waals surface area contributed by atoms with Gasteiger partial charge in [0.25, 0.3) is 11.5 Å². The molecule has 0 atom stereocenters. The van der Waals surface area contributed by atoms with Crippen molar-refractivity contribution in [3.63, 3.8) is 0 Å². The van der Waals surface area contributed by atoms with E-state index in [4.69, 9.17) is 4.74 Å². The highest BCUT2D eigenvalue weighted by Crippen LogP contribution is 2.13. The summed E-state index contributed by atoms with van der Waals surface area (Å²) in [5.41, 5.74) is 3.23. The smallest absolute Gasteiger partial charge is 0.292 e. The van der Waals surface area contributed by atoms with Gasteiger partial charge in [0.15, 0.2) is 5.69 Å². The van der Waals surface area contributed by atoms with Crippen molar-refractivity contribution in [3.8, 4) is 5.75 Å². The van der Waals surface area contributed by atoms with Gasteiger partial charge < -0.3 is 4.74 Å². The second-order valence-electron chi connectivity index (χ2n) is 5.72. The number of rotatable bonds is 6. The minimum atomic E-state index is -0.476. The van der Waals surface area contributed by atoms with Crippen LogP contribution in [0.15, 0.2) is 58.4 Å². The summed E-state index contributed by atoms with van der Waals surface area (Å²) in [6.45, 7) is 4.70. The van der Waals surface area contributed by atoms with E-state index in [9.17, 15) is 9.59 Å². The Labute approximate surface area is 156 Å². The molecule has 0 saturated carbocycles. The number of nitrogens with zero attached hydrogens (tertiary/aromatic N) is 3. The first kappa shape index (κ1) is 18.3. The molecule has 27 heavy (non-hydrogen) atoms. The first-order valence-electron chi connectivity index (χ1n) is 8.70. The van der Waals surface area contributed by atoms with Crippen LogP contribution in [0.1, 0.15) is 29.9 Å². The quantitative estimate of drug-likeness (QED) is 0.538. The highest BCUT2D eigenvalue weighted by molar-refractivity contribution is 6.04. The molecule has 0 spiro atoms. The third-order valence-corrected chi connectivity index (χ3v) is 3.95. The van der Waals surface area contributed by atoms with Crippen LogP contribution >= 0.6 is 0 Å². The van der Waals surface area contributed by atoms with Crippen LogP contribution in [0.3, 0.4) is 0 Å². The van der Waals surface area contributed by atoms with Gasteiger partial charge >= 0.3 is 0 Å². The fourth-order valence-electron chi connectivity index (χ4n) is 2.65. The van der Waals surface area contributed by atoms with Crippen LogP contribution < -0.4 is 15.7 Å². The SMILES string of the molecule is CCOc1ccc(/C=N/NC(=O)c2nn(CC)c(=O)c3ccccc23)cc1. The topological polar surface area (TPSA) is 85.6 Å². The van der Waals surface area contributed by atoms with Gasteiger partial charge in [0.1, 0.15) is 5.75 Å². The zero-order valence-corrected chi connectivity index (χ0v) is 15.2. The third kappa shape index (κ3) is 4.03. The summed E-state index contributed by atoms with van der Waals surface area (Å²) in [6, 6.07) is 14.3. The monoisotopic (exact) mass is 364 g/mol. The van der Waals surface area contributed by atoms with Crippen molar-refractivity contribution in [2.24, 2.45) is 5.10 Å². The van der Waals surface area contributed by atoms with Crippen LogP contribution in [0.4, 0.5) is 0 Å². The zero-order valence-electron chi connectivity index (χ0n) is 15.2. The summed E-state index contributed by atoms with van der Waals surface area (Å²) in [5, 5.41) is 9.12. The van der Waals surface area contributed by atoms with Gasteiger partial charge in [0.2, 0.25) is 0 Å². The first-order chi connectivity index (χ1) is 13.1. The van der Waals surface area contributed by atoms with Crippen molar-refractivity contribution in [2.45, 2.75) is 20.4 Å². The Bertz CT molecular complexity index is 1040. The molecule has 0 aliphatic heterocycles. The minimum absolute atomic E-state index is 0.163. The number of amides is 1. The molecule has 0 aliphatic carbocycles. The normalized spacial score (nSPS) is 11.0. The largest absolute Gasteiger partial charge is 0.494 e. The van der Waals surface area contributed by atoms with E-state index in [-0.39, 0.29) is 11.3 Å². The number of carbonyl (C=O) groups excluding carboxylic acids is 1. The molecule has 0 fully saturated rings. The summed E-state index contributed by atoms with van der Waals surface area (Å²) < 4.78 is 6.65. The van der Waals surface area contributed by atoms with E-state index in [1.807, 2.05) is 31.2 Å². The molecule has 7 heteroatoms. The molecule has 3 rings (SSSR count). The van der Waals surface area contributed by atoms with Crippen LogP contribution in [-0.4, -0.2) is 28.5 Å². The fraction of sp³-hybridized carbons (Fsp3) is 0.200. The summed E-state index contributed by atoms with van der Waals surface area (Å²) in [7, 11) is 0. The summed E-state index contributed by atoms with van der Waals surface area (Å²) in [5.74, 6) is 0.298. The number of aromatic nitrogens is 2.